The summed E-state index contributed by atoms with van der Waals surface area (Å²) in [5, 5.41) is 0.306. The number of aromatic nitrogens is 2. The van der Waals surface area contributed by atoms with Crippen LogP contribution in [0.3, 0.4) is 0 Å². The molecule has 0 unspecified atom stereocenters. The standard InChI is InChI=1S/C18H17ClN4O3S/c1-11-7-15(18(20)24)17(23(11)16-5-3-4-6-21-16)12-8-13(19)10-14(9-12)22-27(2,25)26/h3-10,22H,1-2H3,(H2,20,24). The second kappa shape index (κ2) is 7.05. The number of primary amides is 1. The summed E-state index contributed by atoms with van der Waals surface area (Å²) >= 11 is 6.19. The normalized spacial score (nSPS) is 11.4. The van der Waals surface area contributed by atoms with Crippen molar-refractivity contribution < 1.29 is 13.2 Å². The van der Waals surface area contributed by atoms with Crippen molar-refractivity contribution in [3.63, 3.8) is 0 Å². The van der Waals surface area contributed by atoms with Gasteiger partial charge >= 0.3 is 0 Å². The van der Waals surface area contributed by atoms with Crippen LogP contribution in [-0.4, -0.2) is 30.1 Å². The zero-order valence-electron chi connectivity index (χ0n) is 14.6. The summed E-state index contributed by atoms with van der Waals surface area (Å²) in [6.45, 7) is 1.82. The number of amides is 1. The highest BCUT2D eigenvalue weighted by Crippen LogP contribution is 2.33. The first-order valence-corrected chi connectivity index (χ1v) is 10.1. The van der Waals surface area contributed by atoms with Crippen LogP contribution in [0.4, 0.5) is 5.69 Å². The minimum Gasteiger partial charge on any atom is -0.366 e. The number of nitrogens with one attached hydrogen (secondary N) is 1. The summed E-state index contributed by atoms with van der Waals surface area (Å²) in [6, 6.07) is 11.8. The summed E-state index contributed by atoms with van der Waals surface area (Å²) in [5.74, 6) is -0.0181. The van der Waals surface area contributed by atoms with Gasteiger partial charge < -0.3 is 5.73 Å². The largest absolute Gasteiger partial charge is 0.366 e. The monoisotopic (exact) mass is 404 g/mol. The third kappa shape index (κ3) is 4.12. The molecule has 3 N–H and O–H groups in total. The highest BCUT2D eigenvalue weighted by molar-refractivity contribution is 7.92. The number of aryl methyl sites for hydroxylation is 1. The van der Waals surface area contributed by atoms with E-state index in [4.69, 9.17) is 17.3 Å². The molecule has 0 aliphatic carbocycles. The van der Waals surface area contributed by atoms with Gasteiger partial charge in [-0.25, -0.2) is 13.4 Å². The van der Waals surface area contributed by atoms with Crippen LogP contribution in [0.1, 0.15) is 16.1 Å². The summed E-state index contributed by atoms with van der Waals surface area (Å²) < 4.78 is 27.3. The van der Waals surface area contributed by atoms with E-state index in [9.17, 15) is 13.2 Å². The van der Waals surface area contributed by atoms with Crippen molar-refractivity contribution in [3.05, 3.63) is 64.9 Å². The van der Waals surface area contributed by atoms with E-state index in [1.165, 1.54) is 6.07 Å². The fourth-order valence-corrected chi connectivity index (χ4v) is 3.67. The lowest BCUT2D eigenvalue weighted by molar-refractivity contribution is 0.100. The highest BCUT2D eigenvalue weighted by Gasteiger charge is 2.21. The molecular weight excluding hydrogens is 388 g/mol. The second-order valence-electron chi connectivity index (χ2n) is 6.04. The number of anilines is 1. The van der Waals surface area contributed by atoms with Crippen LogP contribution in [0.2, 0.25) is 5.02 Å². The van der Waals surface area contributed by atoms with Gasteiger partial charge in [-0.1, -0.05) is 17.7 Å². The molecule has 0 bridgehead atoms. The van der Waals surface area contributed by atoms with Crippen molar-refractivity contribution in [1.82, 2.24) is 9.55 Å². The van der Waals surface area contributed by atoms with Gasteiger partial charge in [0.1, 0.15) is 5.82 Å². The Balaban J connectivity index is 2.29. The van der Waals surface area contributed by atoms with Crippen LogP contribution in [0.15, 0.2) is 48.7 Å². The van der Waals surface area contributed by atoms with E-state index in [1.54, 1.807) is 41.1 Å². The molecule has 7 nitrogen and oxygen atoms in total. The molecule has 2 aromatic heterocycles. The van der Waals surface area contributed by atoms with Crippen molar-refractivity contribution in [1.29, 1.82) is 0 Å². The predicted molar refractivity (Wildman–Crippen MR) is 106 cm³/mol. The van der Waals surface area contributed by atoms with Crippen LogP contribution < -0.4 is 10.5 Å². The molecule has 0 aliphatic rings. The summed E-state index contributed by atoms with van der Waals surface area (Å²) in [5.41, 5.74) is 7.89. The van der Waals surface area contributed by atoms with E-state index in [0.29, 0.717) is 22.1 Å². The first-order chi connectivity index (χ1) is 12.7. The Morgan fingerprint density at radius 2 is 1.96 bits per heavy atom. The zero-order chi connectivity index (χ0) is 19.8. The average Bonchev–Trinajstić information content (AvgIpc) is 2.91. The van der Waals surface area contributed by atoms with E-state index in [1.807, 2.05) is 13.0 Å². The molecule has 27 heavy (non-hydrogen) atoms. The van der Waals surface area contributed by atoms with Gasteiger partial charge in [0.05, 0.1) is 23.2 Å². The number of nitrogens with two attached hydrogens (primary N) is 1. The van der Waals surface area contributed by atoms with Crippen LogP contribution >= 0.6 is 11.6 Å². The lowest BCUT2D eigenvalue weighted by atomic mass is 10.1. The highest BCUT2D eigenvalue weighted by atomic mass is 35.5. The van der Waals surface area contributed by atoms with Crippen LogP contribution in [-0.2, 0) is 10.0 Å². The molecule has 0 atom stereocenters. The number of nitrogens with zero attached hydrogens (tertiary/aromatic N) is 2. The number of pyridine rings is 1. The molecule has 0 aliphatic heterocycles. The average molecular weight is 405 g/mol. The SMILES string of the molecule is Cc1cc(C(N)=O)c(-c2cc(Cl)cc(NS(C)(=O)=O)c2)n1-c1ccccn1. The quantitative estimate of drug-likeness (QED) is 0.681. The minimum absolute atomic E-state index is 0.279. The number of benzene rings is 1. The summed E-state index contributed by atoms with van der Waals surface area (Å²) in [6.07, 6.45) is 2.68. The molecule has 0 saturated carbocycles. The fraction of sp³-hybridized carbons (Fsp3) is 0.111. The Hall–Kier alpha value is -2.84. The first kappa shape index (κ1) is 18.9. The lowest BCUT2D eigenvalue weighted by Crippen LogP contribution is -2.13. The van der Waals surface area contributed by atoms with Gasteiger partial charge in [0, 0.05) is 22.5 Å². The molecule has 0 radical (unpaired) electrons. The molecule has 9 heteroatoms. The molecule has 0 spiro atoms. The minimum atomic E-state index is -3.50. The van der Waals surface area contributed by atoms with Gasteiger partial charge in [0.25, 0.3) is 5.91 Å². The van der Waals surface area contributed by atoms with Crippen molar-refractivity contribution in [2.75, 3.05) is 11.0 Å². The Bertz CT molecular complexity index is 1130. The van der Waals surface area contributed by atoms with Crippen LogP contribution in [0, 0.1) is 6.92 Å². The van der Waals surface area contributed by atoms with Gasteiger partial charge in [-0.05, 0) is 43.3 Å². The molecule has 3 aromatic rings. The number of hydrogen-bond acceptors (Lipinski definition) is 4. The van der Waals surface area contributed by atoms with Gasteiger partial charge in [0.15, 0.2) is 0 Å². The zero-order valence-corrected chi connectivity index (χ0v) is 16.2. The Morgan fingerprint density at radius 3 is 2.56 bits per heavy atom. The summed E-state index contributed by atoms with van der Waals surface area (Å²) in [4.78, 5) is 16.4. The van der Waals surface area contributed by atoms with Gasteiger partial charge in [-0.3, -0.25) is 14.1 Å². The summed E-state index contributed by atoms with van der Waals surface area (Å²) in [7, 11) is -3.50. The number of carbonyl (C=O) groups excluding carboxylic acids is 1. The third-order valence-electron chi connectivity index (χ3n) is 3.80. The Morgan fingerprint density at radius 1 is 1.22 bits per heavy atom. The molecular formula is C18H17ClN4O3S. The van der Waals surface area contributed by atoms with Crippen LogP contribution in [0.25, 0.3) is 17.1 Å². The molecule has 140 valence electrons. The van der Waals surface area contributed by atoms with Crippen molar-refractivity contribution in [2.24, 2.45) is 5.73 Å². The topological polar surface area (TPSA) is 107 Å². The van der Waals surface area contributed by atoms with E-state index >= 15 is 0 Å². The Kier molecular flexibility index (Phi) is 4.95. The molecule has 1 amide bonds. The maximum absolute atomic E-state index is 12.0. The molecule has 0 fully saturated rings. The number of rotatable bonds is 5. The van der Waals surface area contributed by atoms with E-state index in [2.05, 4.69) is 9.71 Å². The van der Waals surface area contributed by atoms with Crippen molar-refractivity contribution in [3.8, 4) is 17.1 Å². The number of hydrogen-bond donors (Lipinski definition) is 2. The Labute approximate surface area is 161 Å². The van der Waals surface area contributed by atoms with Crippen molar-refractivity contribution >= 4 is 33.2 Å². The van der Waals surface area contributed by atoms with Gasteiger partial charge in [-0.15, -0.1) is 0 Å². The maximum atomic E-state index is 12.0. The fourth-order valence-electron chi connectivity index (χ4n) is 2.89. The molecule has 3 rings (SSSR count). The van der Waals surface area contributed by atoms with Gasteiger partial charge in [-0.2, -0.15) is 0 Å². The van der Waals surface area contributed by atoms with Gasteiger partial charge in [0.2, 0.25) is 10.0 Å². The van der Waals surface area contributed by atoms with Crippen molar-refractivity contribution in [2.45, 2.75) is 6.92 Å². The molecule has 1 aromatic carbocycles. The lowest BCUT2D eigenvalue weighted by Gasteiger charge is -2.14. The maximum Gasteiger partial charge on any atom is 0.250 e. The second-order valence-corrected chi connectivity index (χ2v) is 8.22. The van der Waals surface area contributed by atoms with E-state index < -0.39 is 15.9 Å². The predicted octanol–water partition coefficient (Wildman–Crippen LogP) is 2.97. The number of halogens is 1. The smallest absolute Gasteiger partial charge is 0.250 e. The van der Waals surface area contributed by atoms with Crippen LogP contribution in [0.5, 0.6) is 0 Å². The number of carbonyl (C=O) groups is 1. The number of sulfonamides is 1. The first-order valence-electron chi connectivity index (χ1n) is 7.88. The van der Waals surface area contributed by atoms with E-state index in [0.717, 1.165) is 11.9 Å². The third-order valence-corrected chi connectivity index (χ3v) is 4.63. The molecule has 0 saturated heterocycles. The van der Waals surface area contributed by atoms with E-state index in [-0.39, 0.29) is 11.3 Å². The molecule has 2 heterocycles.